The average Bonchev–Trinajstić information content (AvgIpc) is 3.28. The van der Waals surface area contributed by atoms with Crippen molar-refractivity contribution in [3.63, 3.8) is 0 Å². The van der Waals surface area contributed by atoms with Gasteiger partial charge in [-0.15, -0.1) is 0 Å². The standard InChI is InChI=1S/C20H22N2O3/c1-21(2)18(23)15(10-12-6-4-3-5-7-12)22-19(24)16-13-8-9-14(11-13)17(16)20(22)25/h3-9,13-17H,10-11H2,1-2H3/t13-,14-,15?,16?,17?/m0/s1. The molecule has 2 aliphatic carbocycles. The van der Waals surface area contributed by atoms with Crippen LogP contribution in [0.2, 0.25) is 0 Å². The van der Waals surface area contributed by atoms with Gasteiger partial charge in [-0.2, -0.15) is 0 Å². The van der Waals surface area contributed by atoms with E-state index in [1.165, 1.54) is 9.80 Å². The predicted octanol–water partition coefficient (Wildman–Crippen LogP) is 1.49. The Kier molecular flexibility index (Phi) is 3.74. The molecule has 1 aromatic carbocycles. The number of benzene rings is 1. The third-order valence-corrected chi connectivity index (χ3v) is 5.81. The van der Waals surface area contributed by atoms with E-state index in [4.69, 9.17) is 0 Å². The van der Waals surface area contributed by atoms with Gasteiger partial charge < -0.3 is 4.90 Å². The first-order valence-corrected chi connectivity index (χ1v) is 8.79. The highest BCUT2D eigenvalue weighted by Crippen LogP contribution is 2.53. The lowest BCUT2D eigenvalue weighted by Crippen LogP contribution is -2.51. The van der Waals surface area contributed by atoms with Crippen LogP contribution in [-0.2, 0) is 20.8 Å². The van der Waals surface area contributed by atoms with E-state index < -0.39 is 6.04 Å². The Morgan fingerprint density at radius 2 is 1.64 bits per heavy atom. The topological polar surface area (TPSA) is 57.7 Å². The number of hydrogen-bond acceptors (Lipinski definition) is 3. The molecule has 1 saturated heterocycles. The van der Waals surface area contributed by atoms with E-state index in [1.54, 1.807) is 14.1 Å². The minimum absolute atomic E-state index is 0.156. The predicted molar refractivity (Wildman–Crippen MR) is 92.2 cm³/mol. The molecule has 2 bridgehead atoms. The number of hydrogen-bond donors (Lipinski definition) is 0. The summed E-state index contributed by atoms with van der Waals surface area (Å²) >= 11 is 0. The summed E-state index contributed by atoms with van der Waals surface area (Å²) in [5, 5.41) is 0. The number of likely N-dealkylation sites (N-methyl/N-ethyl adjacent to an activating group) is 1. The quantitative estimate of drug-likeness (QED) is 0.617. The normalized spacial score (nSPS) is 30.7. The Morgan fingerprint density at radius 3 is 2.16 bits per heavy atom. The van der Waals surface area contributed by atoms with Gasteiger partial charge in [-0.25, -0.2) is 0 Å². The monoisotopic (exact) mass is 338 g/mol. The van der Waals surface area contributed by atoms with Crippen LogP contribution in [0.25, 0.3) is 0 Å². The van der Waals surface area contributed by atoms with E-state index in [9.17, 15) is 14.4 Å². The summed E-state index contributed by atoms with van der Waals surface area (Å²) in [6.45, 7) is 0. The van der Waals surface area contributed by atoms with E-state index in [-0.39, 0.29) is 41.4 Å². The summed E-state index contributed by atoms with van der Waals surface area (Å²) in [4.78, 5) is 41.6. The van der Waals surface area contributed by atoms with E-state index >= 15 is 0 Å². The van der Waals surface area contributed by atoms with Crippen molar-refractivity contribution >= 4 is 17.7 Å². The van der Waals surface area contributed by atoms with Crippen LogP contribution in [0.3, 0.4) is 0 Å². The van der Waals surface area contributed by atoms with Crippen molar-refractivity contribution in [2.75, 3.05) is 14.1 Å². The molecule has 1 aromatic rings. The maximum Gasteiger partial charge on any atom is 0.245 e. The number of fused-ring (bicyclic) bond motifs is 5. The van der Waals surface area contributed by atoms with Crippen molar-refractivity contribution in [3.8, 4) is 0 Å². The van der Waals surface area contributed by atoms with Crippen molar-refractivity contribution in [1.29, 1.82) is 0 Å². The molecule has 1 heterocycles. The number of imide groups is 1. The number of carbonyl (C=O) groups is 3. The molecule has 0 aromatic heterocycles. The maximum absolute atomic E-state index is 13.0. The third kappa shape index (κ3) is 2.41. The summed E-state index contributed by atoms with van der Waals surface area (Å²) in [7, 11) is 3.33. The highest BCUT2D eigenvalue weighted by atomic mass is 16.2. The van der Waals surface area contributed by atoms with E-state index in [0.29, 0.717) is 6.42 Å². The van der Waals surface area contributed by atoms with Crippen molar-refractivity contribution < 1.29 is 14.4 Å². The van der Waals surface area contributed by atoms with Gasteiger partial charge in [-0.05, 0) is 23.8 Å². The minimum Gasteiger partial charge on any atom is -0.347 e. The number of likely N-dealkylation sites (tertiary alicyclic amines) is 1. The van der Waals surface area contributed by atoms with Crippen LogP contribution >= 0.6 is 0 Å². The number of allylic oxidation sites excluding steroid dienone is 2. The molecule has 0 radical (unpaired) electrons. The number of nitrogens with zero attached hydrogens (tertiary/aromatic N) is 2. The molecule has 4 rings (SSSR count). The minimum atomic E-state index is -0.762. The van der Waals surface area contributed by atoms with E-state index in [1.807, 2.05) is 30.3 Å². The molecule has 3 unspecified atom stereocenters. The Morgan fingerprint density at radius 1 is 1.08 bits per heavy atom. The van der Waals surface area contributed by atoms with E-state index in [0.717, 1.165) is 12.0 Å². The lowest BCUT2D eigenvalue weighted by molar-refractivity contribution is -0.151. The van der Waals surface area contributed by atoms with Crippen LogP contribution in [-0.4, -0.2) is 47.7 Å². The highest BCUT2D eigenvalue weighted by Gasteiger charge is 2.61. The van der Waals surface area contributed by atoms with Crippen LogP contribution in [0.4, 0.5) is 0 Å². The van der Waals surface area contributed by atoms with Crippen molar-refractivity contribution in [3.05, 3.63) is 48.0 Å². The molecule has 0 N–H and O–H groups in total. The molecule has 5 nitrogen and oxygen atoms in total. The molecule has 3 amide bonds. The summed E-state index contributed by atoms with van der Waals surface area (Å²) in [6, 6.07) is 8.80. The first-order chi connectivity index (χ1) is 12.0. The third-order valence-electron chi connectivity index (χ3n) is 5.81. The second-order valence-electron chi connectivity index (χ2n) is 7.48. The second-order valence-corrected chi connectivity index (χ2v) is 7.48. The zero-order valence-corrected chi connectivity index (χ0v) is 14.5. The van der Waals surface area contributed by atoms with Gasteiger partial charge in [-0.1, -0.05) is 42.5 Å². The zero-order valence-electron chi connectivity index (χ0n) is 14.5. The molecular formula is C20H22N2O3. The molecule has 0 spiro atoms. The number of amides is 3. The smallest absolute Gasteiger partial charge is 0.245 e. The Labute approximate surface area is 147 Å². The maximum atomic E-state index is 13.0. The number of rotatable bonds is 4. The molecular weight excluding hydrogens is 316 g/mol. The lowest BCUT2D eigenvalue weighted by atomic mass is 9.85. The molecule has 2 fully saturated rings. The van der Waals surface area contributed by atoms with Crippen molar-refractivity contribution in [2.45, 2.75) is 18.9 Å². The average molecular weight is 338 g/mol. The molecule has 5 heteroatoms. The van der Waals surface area contributed by atoms with Crippen molar-refractivity contribution in [2.24, 2.45) is 23.7 Å². The highest BCUT2D eigenvalue weighted by molar-refractivity contribution is 6.09. The Hall–Kier alpha value is -2.43. The van der Waals surface area contributed by atoms with Gasteiger partial charge >= 0.3 is 0 Å². The fraction of sp³-hybridized carbons (Fsp3) is 0.450. The van der Waals surface area contributed by atoms with Crippen LogP contribution < -0.4 is 0 Å². The first-order valence-electron chi connectivity index (χ1n) is 8.79. The SMILES string of the molecule is CN(C)C(=O)C(Cc1ccccc1)N1C(=O)C2C(C1=O)[C@H]1C=C[C@H]2C1. The van der Waals surface area contributed by atoms with Gasteiger partial charge in [0, 0.05) is 20.5 Å². The molecule has 3 aliphatic rings. The summed E-state index contributed by atoms with van der Waals surface area (Å²) in [5.74, 6) is -0.755. The molecule has 1 saturated carbocycles. The van der Waals surface area contributed by atoms with Crippen LogP contribution in [0.1, 0.15) is 12.0 Å². The summed E-state index contributed by atoms with van der Waals surface area (Å²) in [5.41, 5.74) is 0.946. The Bertz CT molecular complexity index is 725. The van der Waals surface area contributed by atoms with E-state index in [2.05, 4.69) is 12.2 Å². The molecule has 1 aliphatic heterocycles. The van der Waals surface area contributed by atoms with Crippen LogP contribution in [0.15, 0.2) is 42.5 Å². The first kappa shape index (κ1) is 16.1. The number of carbonyl (C=O) groups excluding carboxylic acids is 3. The summed E-state index contributed by atoms with van der Waals surface area (Å²) in [6.07, 6.45) is 5.39. The van der Waals surface area contributed by atoms with Crippen LogP contribution in [0.5, 0.6) is 0 Å². The summed E-state index contributed by atoms with van der Waals surface area (Å²) < 4.78 is 0. The van der Waals surface area contributed by atoms with Gasteiger partial charge in [-0.3, -0.25) is 19.3 Å². The lowest BCUT2D eigenvalue weighted by Gasteiger charge is -2.29. The Balaban J connectivity index is 1.67. The van der Waals surface area contributed by atoms with Crippen molar-refractivity contribution in [1.82, 2.24) is 9.80 Å². The van der Waals surface area contributed by atoms with Gasteiger partial charge in [0.15, 0.2) is 0 Å². The largest absolute Gasteiger partial charge is 0.347 e. The molecule has 130 valence electrons. The fourth-order valence-corrected chi connectivity index (χ4v) is 4.66. The zero-order chi connectivity index (χ0) is 17.7. The van der Waals surface area contributed by atoms with Gasteiger partial charge in [0.05, 0.1) is 11.8 Å². The molecule has 5 atom stereocenters. The van der Waals surface area contributed by atoms with Gasteiger partial charge in [0.1, 0.15) is 6.04 Å². The van der Waals surface area contributed by atoms with Gasteiger partial charge in [0.2, 0.25) is 17.7 Å². The second kappa shape index (κ2) is 5.83. The molecule has 25 heavy (non-hydrogen) atoms. The van der Waals surface area contributed by atoms with Gasteiger partial charge in [0.25, 0.3) is 0 Å². The fourth-order valence-electron chi connectivity index (χ4n) is 4.66. The van der Waals surface area contributed by atoms with Crippen LogP contribution in [0, 0.1) is 23.7 Å².